The number of rotatable bonds is 7. The summed E-state index contributed by atoms with van der Waals surface area (Å²) in [6.07, 6.45) is 0.0898. The molecule has 1 aromatic carbocycles. The number of hydrogen-bond donors (Lipinski definition) is 1. The molecule has 2 N–H and O–H groups in total. The Morgan fingerprint density at radius 3 is 2.10 bits per heavy atom. The van der Waals surface area contributed by atoms with Gasteiger partial charge in [-0.2, -0.15) is 0 Å². The highest BCUT2D eigenvalue weighted by Crippen LogP contribution is 2.39. The molecule has 1 aromatic rings. The van der Waals surface area contributed by atoms with Gasteiger partial charge >= 0.3 is 5.97 Å². The van der Waals surface area contributed by atoms with Crippen LogP contribution >= 0.6 is 0 Å². The number of methoxy groups -OCH3 is 3. The second-order valence-electron chi connectivity index (χ2n) is 4.07. The van der Waals surface area contributed by atoms with E-state index in [0.717, 1.165) is 0 Å². The van der Waals surface area contributed by atoms with Crippen molar-refractivity contribution in [3.05, 3.63) is 17.7 Å². The lowest BCUT2D eigenvalue weighted by atomic mass is 10.0. The van der Waals surface area contributed by atoms with Gasteiger partial charge in [-0.15, -0.1) is 0 Å². The maximum Gasteiger partial charge on any atom is 0.307 e. The molecule has 0 aliphatic heterocycles. The molecule has 0 radical (unpaired) electrons. The first-order valence-corrected chi connectivity index (χ1v) is 6.28. The number of benzene rings is 1. The third-order valence-electron chi connectivity index (χ3n) is 2.81. The van der Waals surface area contributed by atoms with Crippen molar-refractivity contribution in [1.29, 1.82) is 0 Å². The minimum absolute atomic E-state index is 0.0898. The molecule has 0 saturated heterocycles. The molecule has 0 aliphatic rings. The molecule has 20 heavy (non-hydrogen) atoms. The largest absolute Gasteiger partial charge is 0.493 e. The smallest absolute Gasteiger partial charge is 0.307 e. The minimum Gasteiger partial charge on any atom is -0.493 e. The second-order valence-corrected chi connectivity index (χ2v) is 4.07. The predicted octanol–water partition coefficient (Wildman–Crippen LogP) is 1.67. The molecule has 0 aliphatic carbocycles. The van der Waals surface area contributed by atoms with Crippen molar-refractivity contribution in [3.8, 4) is 17.2 Å². The van der Waals surface area contributed by atoms with Crippen molar-refractivity contribution in [1.82, 2.24) is 0 Å². The highest BCUT2D eigenvalue weighted by atomic mass is 16.5. The number of carbonyl (C=O) groups is 1. The van der Waals surface area contributed by atoms with Gasteiger partial charge < -0.3 is 24.7 Å². The standard InChI is InChI=1S/C14H21NO5/c1-5-20-13(16)8-10(15)9-6-11(17-2)14(19-4)12(7-9)18-3/h6-7,10H,5,8,15H2,1-4H3. The maximum absolute atomic E-state index is 11.5. The molecule has 0 spiro atoms. The van der Waals surface area contributed by atoms with Crippen molar-refractivity contribution in [2.45, 2.75) is 19.4 Å². The topological polar surface area (TPSA) is 80.0 Å². The van der Waals surface area contributed by atoms with Crippen molar-refractivity contribution in [2.24, 2.45) is 5.73 Å². The zero-order valence-electron chi connectivity index (χ0n) is 12.3. The van der Waals surface area contributed by atoms with Gasteiger partial charge in [0.2, 0.25) is 5.75 Å². The van der Waals surface area contributed by atoms with Crippen molar-refractivity contribution in [3.63, 3.8) is 0 Å². The Bertz CT molecular complexity index is 436. The molecule has 112 valence electrons. The first kappa shape index (κ1) is 16.1. The van der Waals surface area contributed by atoms with Crippen LogP contribution in [0.4, 0.5) is 0 Å². The lowest BCUT2D eigenvalue weighted by Crippen LogP contribution is -2.17. The fourth-order valence-electron chi connectivity index (χ4n) is 1.83. The summed E-state index contributed by atoms with van der Waals surface area (Å²) < 4.78 is 20.6. The maximum atomic E-state index is 11.5. The molecule has 0 saturated carbocycles. The zero-order chi connectivity index (χ0) is 15.1. The second kappa shape index (κ2) is 7.59. The van der Waals surface area contributed by atoms with E-state index < -0.39 is 6.04 Å². The lowest BCUT2D eigenvalue weighted by Gasteiger charge is -2.17. The monoisotopic (exact) mass is 283 g/mol. The molecule has 1 rings (SSSR count). The van der Waals surface area contributed by atoms with Gasteiger partial charge in [-0.25, -0.2) is 0 Å². The van der Waals surface area contributed by atoms with Gasteiger partial charge in [-0.1, -0.05) is 0 Å². The molecule has 1 atom stereocenters. The van der Waals surface area contributed by atoms with Crippen molar-refractivity contribution in [2.75, 3.05) is 27.9 Å². The summed E-state index contributed by atoms with van der Waals surface area (Å²) in [4.78, 5) is 11.5. The van der Waals surface area contributed by atoms with E-state index in [1.54, 1.807) is 19.1 Å². The van der Waals surface area contributed by atoms with Crippen LogP contribution in [0, 0.1) is 0 Å². The number of esters is 1. The van der Waals surface area contributed by atoms with E-state index in [1.165, 1.54) is 21.3 Å². The quantitative estimate of drug-likeness (QED) is 0.767. The normalized spacial score (nSPS) is 11.7. The molecule has 6 heteroatoms. The molecule has 0 bridgehead atoms. The molecule has 1 unspecified atom stereocenters. The molecule has 0 fully saturated rings. The Balaban J connectivity index is 3.03. The van der Waals surface area contributed by atoms with Crippen LogP contribution in [-0.2, 0) is 9.53 Å². The first-order chi connectivity index (χ1) is 9.57. The molecule has 0 aromatic heterocycles. The summed E-state index contributed by atoms with van der Waals surface area (Å²) in [6.45, 7) is 2.09. The number of carbonyl (C=O) groups excluding carboxylic acids is 1. The predicted molar refractivity (Wildman–Crippen MR) is 74.3 cm³/mol. The molecular weight excluding hydrogens is 262 g/mol. The first-order valence-electron chi connectivity index (χ1n) is 6.28. The van der Waals surface area contributed by atoms with Gasteiger partial charge in [0.15, 0.2) is 11.5 Å². The van der Waals surface area contributed by atoms with E-state index in [1.807, 2.05) is 0 Å². The van der Waals surface area contributed by atoms with E-state index in [0.29, 0.717) is 29.4 Å². The third kappa shape index (κ3) is 3.77. The Morgan fingerprint density at radius 2 is 1.70 bits per heavy atom. The van der Waals surface area contributed by atoms with Crippen LogP contribution in [-0.4, -0.2) is 33.9 Å². The van der Waals surface area contributed by atoms with Gasteiger partial charge in [-0.3, -0.25) is 4.79 Å². The lowest BCUT2D eigenvalue weighted by molar-refractivity contribution is -0.143. The van der Waals surface area contributed by atoms with E-state index in [4.69, 9.17) is 24.7 Å². The van der Waals surface area contributed by atoms with Gasteiger partial charge in [0.05, 0.1) is 34.4 Å². The van der Waals surface area contributed by atoms with E-state index in [-0.39, 0.29) is 12.4 Å². The molecule has 0 heterocycles. The Labute approximate surface area is 118 Å². The third-order valence-corrected chi connectivity index (χ3v) is 2.81. The van der Waals surface area contributed by atoms with E-state index >= 15 is 0 Å². The van der Waals surface area contributed by atoms with Gasteiger partial charge in [0, 0.05) is 6.04 Å². The van der Waals surface area contributed by atoms with Crippen LogP contribution in [0.5, 0.6) is 17.2 Å². The average Bonchev–Trinajstić information content (AvgIpc) is 2.45. The van der Waals surface area contributed by atoms with Crippen LogP contribution in [0.25, 0.3) is 0 Å². The van der Waals surface area contributed by atoms with E-state index in [9.17, 15) is 4.79 Å². The van der Waals surface area contributed by atoms with Crippen LogP contribution in [0.3, 0.4) is 0 Å². The highest BCUT2D eigenvalue weighted by molar-refractivity contribution is 5.70. The zero-order valence-corrected chi connectivity index (χ0v) is 12.3. The van der Waals surface area contributed by atoms with Crippen LogP contribution in [0.2, 0.25) is 0 Å². The Morgan fingerprint density at radius 1 is 1.15 bits per heavy atom. The van der Waals surface area contributed by atoms with E-state index in [2.05, 4.69) is 0 Å². The summed E-state index contributed by atoms with van der Waals surface area (Å²) in [5.74, 6) is 1.15. The number of hydrogen-bond acceptors (Lipinski definition) is 6. The molecule has 0 amide bonds. The van der Waals surface area contributed by atoms with Crippen molar-refractivity contribution < 1.29 is 23.7 Å². The Kier molecular flexibility index (Phi) is 6.11. The fourth-order valence-corrected chi connectivity index (χ4v) is 1.83. The molecular formula is C14H21NO5. The molecule has 6 nitrogen and oxygen atoms in total. The average molecular weight is 283 g/mol. The van der Waals surface area contributed by atoms with Crippen LogP contribution in [0.1, 0.15) is 24.9 Å². The summed E-state index contributed by atoms with van der Waals surface area (Å²) in [5, 5.41) is 0. The highest BCUT2D eigenvalue weighted by Gasteiger charge is 2.18. The van der Waals surface area contributed by atoms with Gasteiger partial charge in [0.1, 0.15) is 0 Å². The van der Waals surface area contributed by atoms with Crippen LogP contribution < -0.4 is 19.9 Å². The summed E-state index contributed by atoms with van der Waals surface area (Å²) in [7, 11) is 4.58. The van der Waals surface area contributed by atoms with Crippen LogP contribution in [0.15, 0.2) is 12.1 Å². The number of nitrogens with two attached hydrogens (primary N) is 1. The van der Waals surface area contributed by atoms with Gasteiger partial charge in [-0.05, 0) is 24.6 Å². The summed E-state index contributed by atoms with van der Waals surface area (Å²) in [6, 6.07) is 2.96. The number of ether oxygens (including phenoxy) is 4. The fraction of sp³-hybridized carbons (Fsp3) is 0.500. The van der Waals surface area contributed by atoms with Crippen molar-refractivity contribution >= 4 is 5.97 Å². The minimum atomic E-state index is -0.497. The Hall–Kier alpha value is -1.95. The van der Waals surface area contributed by atoms with Gasteiger partial charge in [0.25, 0.3) is 0 Å². The SMILES string of the molecule is CCOC(=O)CC(N)c1cc(OC)c(OC)c(OC)c1. The summed E-state index contributed by atoms with van der Waals surface area (Å²) >= 11 is 0. The summed E-state index contributed by atoms with van der Waals surface area (Å²) in [5.41, 5.74) is 6.73.